The van der Waals surface area contributed by atoms with Crippen LogP contribution in [0.4, 0.5) is 10.1 Å². The first kappa shape index (κ1) is 24.6. The van der Waals surface area contributed by atoms with Crippen molar-refractivity contribution < 1.29 is 13.9 Å². The fraction of sp³-hybridized carbons (Fsp3) is 0.207. The number of benzene rings is 2. The van der Waals surface area contributed by atoms with E-state index >= 15 is 4.39 Å². The highest BCUT2D eigenvalue weighted by atomic mass is 35.5. The van der Waals surface area contributed by atoms with Crippen molar-refractivity contribution in [2.24, 2.45) is 0 Å². The van der Waals surface area contributed by atoms with Crippen molar-refractivity contribution >= 4 is 23.2 Å². The molecular weight excluding hydrogens is 519 g/mol. The Balaban J connectivity index is 1.67. The number of ether oxygens (including phenoxy) is 1. The van der Waals surface area contributed by atoms with Crippen LogP contribution >= 0.6 is 11.6 Å². The largest absolute Gasteiger partial charge is 0.494 e. The summed E-state index contributed by atoms with van der Waals surface area (Å²) in [7, 11) is 1.52. The van der Waals surface area contributed by atoms with Gasteiger partial charge in [-0.3, -0.25) is 14.7 Å². The van der Waals surface area contributed by atoms with Crippen LogP contribution in [-0.4, -0.2) is 27.6 Å². The lowest BCUT2D eigenvalue weighted by atomic mass is 9.86. The van der Waals surface area contributed by atoms with Crippen LogP contribution in [0.5, 0.6) is 5.75 Å². The normalized spacial score (nSPS) is 14.8. The molecule has 39 heavy (non-hydrogen) atoms. The number of imidazole rings is 1. The Bertz CT molecular complexity index is 1800. The molecule has 0 N–H and O–H groups in total. The van der Waals surface area contributed by atoms with Gasteiger partial charge in [-0.2, -0.15) is 10.5 Å². The second-order valence-corrected chi connectivity index (χ2v) is 10.0. The summed E-state index contributed by atoms with van der Waals surface area (Å²) in [6, 6.07) is 13.4. The Hall–Kier alpha value is -4.73. The summed E-state index contributed by atoms with van der Waals surface area (Å²) in [5.41, 5.74) is 4.27. The highest BCUT2D eigenvalue weighted by molar-refractivity contribution is 6.31. The number of nitriles is 2. The molecule has 1 atom stereocenters. The maximum Gasteiger partial charge on any atom is 0.279 e. The number of nitrogens with zero attached hydrogens (tertiary/aromatic N) is 6. The molecule has 0 fully saturated rings. The summed E-state index contributed by atoms with van der Waals surface area (Å²) in [5.74, 6) is -0.247. The number of halogens is 2. The molecule has 0 radical (unpaired) electrons. The van der Waals surface area contributed by atoms with Crippen LogP contribution < -0.4 is 9.64 Å². The summed E-state index contributed by atoms with van der Waals surface area (Å²) < 4.78 is 23.2. The molecular formula is C29H20ClFN6O2. The lowest BCUT2D eigenvalue weighted by molar-refractivity contribution is 0.0988. The number of fused-ring (bicyclic) bond motifs is 8. The number of pyridine rings is 1. The summed E-state index contributed by atoms with van der Waals surface area (Å²) in [6.45, 7) is 3.94. The van der Waals surface area contributed by atoms with Crippen molar-refractivity contribution in [2.75, 3.05) is 12.0 Å². The van der Waals surface area contributed by atoms with Gasteiger partial charge >= 0.3 is 0 Å². The molecule has 2 aromatic carbocycles. The Morgan fingerprint density at radius 2 is 1.95 bits per heavy atom. The molecule has 2 aliphatic rings. The minimum atomic E-state index is -0.709. The van der Waals surface area contributed by atoms with Gasteiger partial charge in [0.2, 0.25) is 0 Å². The molecule has 8 nitrogen and oxygen atoms in total. The van der Waals surface area contributed by atoms with Crippen molar-refractivity contribution in [1.82, 2.24) is 14.5 Å². The van der Waals surface area contributed by atoms with Gasteiger partial charge in [0, 0.05) is 11.6 Å². The van der Waals surface area contributed by atoms with E-state index in [0.29, 0.717) is 45.2 Å². The summed E-state index contributed by atoms with van der Waals surface area (Å²) >= 11 is 6.19. The first-order valence-corrected chi connectivity index (χ1v) is 12.6. The summed E-state index contributed by atoms with van der Waals surface area (Å²) in [4.78, 5) is 24.5. The molecule has 4 heterocycles. The van der Waals surface area contributed by atoms with E-state index in [0.717, 1.165) is 5.56 Å². The van der Waals surface area contributed by atoms with E-state index in [1.165, 1.54) is 24.3 Å². The van der Waals surface area contributed by atoms with Crippen LogP contribution in [0.1, 0.15) is 58.9 Å². The number of hydrogen-bond donors (Lipinski definition) is 0. The van der Waals surface area contributed by atoms with Crippen LogP contribution in [0.15, 0.2) is 42.6 Å². The molecule has 1 amide bonds. The smallest absolute Gasteiger partial charge is 0.279 e. The molecule has 0 saturated carbocycles. The van der Waals surface area contributed by atoms with Crippen molar-refractivity contribution in [3.8, 4) is 40.4 Å². The molecule has 192 valence electrons. The molecule has 6 rings (SSSR count). The second kappa shape index (κ2) is 8.93. The fourth-order valence-corrected chi connectivity index (χ4v) is 5.69. The number of rotatable bonds is 4. The van der Waals surface area contributed by atoms with E-state index in [2.05, 4.69) is 17.1 Å². The molecule has 0 bridgehead atoms. The topological polar surface area (TPSA) is 108 Å². The molecule has 1 unspecified atom stereocenters. The predicted octanol–water partition coefficient (Wildman–Crippen LogP) is 6.00. The lowest BCUT2D eigenvalue weighted by Gasteiger charge is -2.35. The van der Waals surface area contributed by atoms with E-state index in [1.54, 1.807) is 30.3 Å². The van der Waals surface area contributed by atoms with Crippen molar-refractivity contribution in [3.63, 3.8) is 0 Å². The standard InChI is InChI=1S/C29H20ClFN6O2/c1-14(2)36-27-24(35-28(36)20-11-16(8-9-32)34-13-22(20)39-3)29(38)37-25-17(6-7-21(30)23(25)31)19-10-15(12-33)4-5-18(19)26(27)37/h4-7,10-11,13-14,26H,8H2,1-3H3. The lowest BCUT2D eigenvalue weighted by Crippen LogP contribution is -2.34. The Labute approximate surface area is 228 Å². The highest BCUT2D eigenvalue weighted by Gasteiger charge is 2.49. The van der Waals surface area contributed by atoms with E-state index in [4.69, 9.17) is 21.3 Å². The van der Waals surface area contributed by atoms with Crippen LogP contribution in [-0.2, 0) is 6.42 Å². The Morgan fingerprint density at radius 1 is 1.15 bits per heavy atom. The van der Waals surface area contributed by atoms with Gasteiger partial charge in [-0.05, 0) is 49.2 Å². The zero-order valence-corrected chi connectivity index (χ0v) is 21.9. The van der Waals surface area contributed by atoms with Crippen LogP contribution in [0.2, 0.25) is 5.02 Å². The maximum absolute atomic E-state index is 15.7. The number of anilines is 1. The number of hydrogen-bond acceptors (Lipinski definition) is 6. The molecule has 0 saturated heterocycles. The van der Waals surface area contributed by atoms with E-state index in [-0.39, 0.29) is 28.9 Å². The fourth-order valence-electron chi connectivity index (χ4n) is 5.54. The number of carbonyl (C=O) groups excluding carboxylic acids is 1. The minimum Gasteiger partial charge on any atom is -0.494 e. The first-order chi connectivity index (χ1) is 18.8. The van der Waals surface area contributed by atoms with Crippen molar-refractivity contribution in [3.05, 3.63) is 81.6 Å². The summed E-state index contributed by atoms with van der Waals surface area (Å²) in [6.07, 6.45) is 1.63. The van der Waals surface area contributed by atoms with Crippen LogP contribution in [0.25, 0.3) is 22.5 Å². The van der Waals surface area contributed by atoms with Gasteiger partial charge in [0.25, 0.3) is 5.91 Å². The molecule has 10 heteroatoms. The van der Waals surface area contributed by atoms with Crippen molar-refractivity contribution in [1.29, 1.82) is 10.5 Å². The Kier molecular flexibility index (Phi) is 5.64. The van der Waals surface area contributed by atoms with E-state index < -0.39 is 17.8 Å². The van der Waals surface area contributed by atoms with Gasteiger partial charge in [0.15, 0.2) is 11.5 Å². The van der Waals surface area contributed by atoms with Gasteiger partial charge in [0.05, 0.1) is 65.1 Å². The van der Waals surface area contributed by atoms with Crippen LogP contribution in [0, 0.1) is 28.5 Å². The third kappa shape index (κ3) is 3.44. The zero-order chi connectivity index (χ0) is 27.6. The molecule has 2 aromatic heterocycles. The van der Waals surface area contributed by atoms with Gasteiger partial charge in [0.1, 0.15) is 17.6 Å². The van der Waals surface area contributed by atoms with Crippen LogP contribution in [0.3, 0.4) is 0 Å². The average Bonchev–Trinajstić information content (AvgIpc) is 3.46. The number of carbonyl (C=O) groups is 1. The van der Waals surface area contributed by atoms with E-state index in [1.807, 2.05) is 18.4 Å². The Morgan fingerprint density at radius 3 is 2.64 bits per heavy atom. The third-order valence-corrected chi connectivity index (χ3v) is 7.42. The average molecular weight is 539 g/mol. The first-order valence-electron chi connectivity index (χ1n) is 12.2. The SMILES string of the molecule is COc1cnc(CC#N)cc1-c1nc2c(n1C(C)C)C1c3ccc(C#N)cc3-c3ccc(Cl)c(F)c3N1C2=O. The van der Waals surface area contributed by atoms with Gasteiger partial charge in [-0.15, -0.1) is 0 Å². The maximum atomic E-state index is 15.7. The highest BCUT2D eigenvalue weighted by Crippen LogP contribution is 2.54. The molecule has 0 aliphatic carbocycles. The second-order valence-electron chi connectivity index (χ2n) is 9.59. The number of amides is 1. The van der Waals surface area contributed by atoms with Gasteiger partial charge < -0.3 is 9.30 Å². The predicted molar refractivity (Wildman–Crippen MR) is 142 cm³/mol. The number of methoxy groups -OCH3 is 1. The quantitative estimate of drug-likeness (QED) is 0.315. The van der Waals surface area contributed by atoms with Gasteiger partial charge in [-0.25, -0.2) is 9.37 Å². The summed E-state index contributed by atoms with van der Waals surface area (Å²) in [5, 5.41) is 18.7. The zero-order valence-electron chi connectivity index (χ0n) is 21.2. The molecule has 2 aliphatic heterocycles. The van der Waals surface area contributed by atoms with E-state index in [9.17, 15) is 15.3 Å². The van der Waals surface area contributed by atoms with Crippen molar-refractivity contribution in [2.45, 2.75) is 32.4 Å². The number of aromatic nitrogens is 3. The monoisotopic (exact) mass is 538 g/mol. The molecule has 0 spiro atoms. The third-order valence-electron chi connectivity index (χ3n) is 7.13. The van der Waals surface area contributed by atoms with Gasteiger partial charge in [-0.1, -0.05) is 23.7 Å². The molecule has 4 aromatic rings. The minimum absolute atomic E-state index is 0.0627.